The highest BCUT2D eigenvalue weighted by Crippen LogP contribution is 2.25. The topological polar surface area (TPSA) is 140 Å². The molecule has 0 aliphatic carbocycles. The molecule has 0 saturated carbocycles. The number of aromatic nitrogens is 2. The fourth-order valence-electron chi connectivity index (χ4n) is 7.79. The number of aromatic amines is 2. The predicted octanol–water partition coefficient (Wildman–Crippen LogP) is 5.37. The lowest BCUT2D eigenvalue weighted by molar-refractivity contribution is -0.384. The first-order chi connectivity index (χ1) is 26.9. The Labute approximate surface area is 321 Å². The number of nitrogens with one attached hydrogen (secondary N) is 2. The average Bonchev–Trinajstić information content (AvgIpc) is 3.84. The summed E-state index contributed by atoms with van der Waals surface area (Å²) in [6, 6.07) is 20.3. The van der Waals surface area contributed by atoms with Crippen LogP contribution in [-0.2, 0) is 22.3 Å². The lowest BCUT2D eigenvalue weighted by atomic mass is 10.0. The number of rotatable bonds is 17. The summed E-state index contributed by atoms with van der Waals surface area (Å²) >= 11 is 0. The largest absolute Gasteiger partial charge is 0.379 e. The summed E-state index contributed by atoms with van der Waals surface area (Å²) in [4.78, 5) is 56.0. The van der Waals surface area contributed by atoms with Crippen LogP contribution in [0, 0.1) is 10.1 Å². The van der Waals surface area contributed by atoms with Crippen LogP contribution >= 0.6 is 0 Å². The summed E-state index contributed by atoms with van der Waals surface area (Å²) in [5.41, 5.74) is 4.28. The molecule has 2 saturated heterocycles. The standard InChI is InChI=1S/C42H51N7O6/c50-41(47(17-5-15-45-21-25-54-26-22-45)19-13-32-30-43-39-9-3-1-7-35(32)39)37-12-11-34(49(52)53)29-38(37)42(51)48(18-6-16-46-23-27-55-28-24-46)20-14-33-31-44-40-10-4-2-8-36(33)40/h1-4,7-12,29-31,43-44H,5-6,13-28H2. The van der Waals surface area contributed by atoms with Gasteiger partial charge in [-0.1, -0.05) is 36.4 Å². The number of ether oxygens (including phenoxy) is 2. The van der Waals surface area contributed by atoms with Gasteiger partial charge in [0.2, 0.25) is 0 Å². The van der Waals surface area contributed by atoms with Gasteiger partial charge in [-0.05, 0) is 55.0 Å². The lowest BCUT2D eigenvalue weighted by Gasteiger charge is -2.30. The minimum absolute atomic E-state index is 0.0646. The maximum absolute atomic E-state index is 14.8. The number of non-ortho nitro benzene ring substituents is 1. The first kappa shape index (κ1) is 38.2. The van der Waals surface area contributed by atoms with Crippen molar-refractivity contribution in [3.05, 3.63) is 111 Å². The zero-order chi connectivity index (χ0) is 38.0. The molecule has 4 heterocycles. The van der Waals surface area contributed by atoms with Gasteiger partial charge in [0.1, 0.15) is 0 Å². The second kappa shape index (κ2) is 18.5. The van der Waals surface area contributed by atoms with Crippen molar-refractivity contribution in [1.82, 2.24) is 29.6 Å². The van der Waals surface area contributed by atoms with Gasteiger partial charge in [0.15, 0.2) is 0 Å². The Morgan fingerprint density at radius 1 is 0.655 bits per heavy atom. The zero-order valence-electron chi connectivity index (χ0n) is 31.4. The number of para-hydroxylation sites is 2. The lowest BCUT2D eigenvalue weighted by Crippen LogP contribution is -2.41. The van der Waals surface area contributed by atoms with E-state index in [4.69, 9.17) is 9.47 Å². The number of H-pyrrole nitrogens is 2. The summed E-state index contributed by atoms with van der Waals surface area (Å²) in [7, 11) is 0. The Morgan fingerprint density at radius 2 is 1.13 bits per heavy atom. The Bertz CT molecular complexity index is 2070. The Morgan fingerprint density at radius 3 is 1.62 bits per heavy atom. The molecule has 0 radical (unpaired) electrons. The van der Waals surface area contributed by atoms with E-state index in [1.807, 2.05) is 53.7 Å². The van der Waals surface area contributed by atoms with Gasteiger partial charge in [0, 0.05) is 112 Å². The van der Waals surface area contributed by atoms with Gasteiger partial charge >= 0.3 is 0 Å². The molecule has 0 bridgehead atoms. The van der Waals surface area contributed by atoms with Crippen LogP contribution < -0.4 is 0 Å². The molecule has 0 unspecified atom stereocenters. The minimum Gasteiger partial charge on any atom is -0.379 e. The number of nitro benzene ring substituents is 1. The van der Waals surface area contributed by atoms with Crippen molar-refractivity contribution in [2.45, 2.75) is 25.7 Å². The van der Waals surface area contributed by atoms with Crippen molar-refractivity contribution in [1.29, 1.82) is 0 Å². The van der Waals surface area contributed by atoms with E-state index >= 15 is 0 Å². The molecule has 5 aromatic rings. The van der Waals surface area contributed by atoms with Crippen LogP contribution in [0.5, 0.6) is 0 Å². The molecular formula is C42H51N7O6. The molecule has 0 atom stereocenters. The number of amides is 2. The first-order valence-corrected chi connectivity index (χ1v) is 19.5. The first-order valence-electron chi connectivity index (χ1n) is 19.5. The number of hydrogen-bond donors (Lipinski definition) is 2. The van der Waals surface area contributed by atoms with E-state index in [1.54, 1.807) is 4.90 Å². The highest BCUT2D eigenvalue weighted by molar-refractivity contribution is 6.07. The number of hydrogen-bond acceptors (Lipinski definition) is 8. The third-order valence-corrected chi connectivity index (χ3v) is 10.9. The summed E-state index contributed by atoms with van der Waals surface area (Å²) in [6.45, 7) is 9.50. The van der Waals surface area contributed by atoms with Gasteiger partial charge in [-0.15, -0.1) is 0 Å². The van der Waals surface area contributed by atoms with E-state index in [9.17, 15) is 19.7 Å². The molecule has 7 rings (SSSR count). The second-order valence-electron chi connectivity index (χ2n) is 14.4. The van der Waals surface area contributed by atoms with E-state index in [2.05, 4.69) is 31.9 Å². The summed E-state index contributed by atoms with van der Waals surface area (Å²) in [6.07, 6.45) is 6.63. The van der Waals surface area contributed by atoms with Crippen molar-refractivity contribution >= 4 is 39.3 Å². The molecule has 55 heavy (non-hydrogen) atoms. The van der Waals surface area contributed by atoms with E-state index in [-0.39, 0.29) is 28.6 Å². The Hall–Kier alpha value is -5.08. The van der Waals surface area contributed by atoms with Gasteiger partial charge < -0.3 is 29.2 Å². The van der Waals surface area contributed by atoms with E-state index in [0.29, 0.717) is 65.4 Å². The van der Waals surface area contributed by atoms with E-state index in [1.165, 1.54) is 18.2 Å². The predicted molar refractivity (Wildman–Crippen MR) is 213 cm³/mol. The molecule has 290 valence electrons. The molecule has 2 aliphatic rings. The van der Waals surface area contributed by atoms with Crippen molar-refractivity contribution in [3.8, 4) is 0 Å². The monoisotopic (exact) mass is 749 g/mol. The van der Waals surface area contributed by atoms with Crippen LogP contribution in [0.25, 0.3) is 21.8 Å². The normalized spacial score (nSPS) is 15.4. The van der Waals surface area contributed by atoms with Crippen LogP contribution in [0.15, 0.2) is 79.1 Å². The molecule has 2 aromatic heterocycles. The third-order valence-electron chi connectivity index (χ3n) is 10.9. The molecule has 13 nitrogen and oxygen atoms in total. The van der Waals surface area contributed by atoms with Gasteiger partial charge in [0.25, 0.3) is 17.5 Å². The number of fused-ring (bicyclic) bond motifs is 2. The van der Waals surface area contributed by atoms with Crippen LogP contribution in [0.1, 0.15) is 44.7 Å². The molecule has 13 heteroatoms. The number of carbonyl (C=O) groups excluding carboxylic acids is 2. The average molecular weight is 750 g/mol. The molecule has 2 N–H and O–H groups in total. The van der Waals surface area contributed by atoms with Crippen molar-refractivity contribution in [3.63, 3.8) is 0 Å². The van der Waals surface area contributed by atoms with Gasteiger partial charge in [-0.2, -0.15) is 0 Å². The summed E-state index contributed by atoms with van der Waals surface area (Å²) < 4.78 is 11.1. The molecule has 2 aliphatic heterocycles. The van der Waals surface area contributed by atoms with Gasteiger partial charge in [-0.25, -0.2) is 0 Å². The van der Waals surface area contributed by atoms with Crippen molar-refractivity contribution < 1.29 is 24.0 Å². The maximum Gasteiger partial charge on any atom is 0.270 e. The Balaban J connectivity index is 1.15. The number of carbonyl (C=O) groups is 2. The maximum atomic E-state index is 14.8. The second-order valence-corrected chi connectivity index (χ2v) is 14.4. The van der Waals surface area contributed by atoms with Crippen LogP contribution in [0.4, 0.5) is 5.69 Å². The Kier molecular flexibility index (Phi) is 12.9. The summed E-state index contributed by atoms with van der Waals surface area (Å²) in [5.74, 6) is -0.677. The molecule has 0 spiro atoms. The van der Waals surface area contributed by atoms with Gasteiger partial charge in [-0.3, -0.25) is 29.5 Å². The van der Waals surface area contributed by atoms with Crippen LogP contribution in [-0.4, -0.2) is 138 Å². The highest BCUT2D eigenvalue weighted by atomic mass is 16.6. The SMILES string of the molecule is O=C(c1ccc([N+](=O)[O-])cc1C(=O)N(CCCN1CCOCC1)CCc1c[nH]c2ccccc12)N(CCCN1CCOCC1)CCc1c[nH]c2ccccc12. The van der Waals surface area contributed by atoms with Crippen molar-refractivity contribution in [2.75, 3.05) is 91.9 Å². The number of benzene rings is 3. The highest BCUT2D eigenvalue weighted by Gasteiger charge is 2.28. The van der Waals surface area contributed by atoms with E-state index in [0.717, 1.165) is 85.0 Å². The van der Waals surface area contributed by atoms with Crippen molar-refractivity contribution in [2.24, 2.45) is 0 Å². The fraction of sp³-hybridized carbons (Fsp3) is 0.429. The molecule has 2 amide bonds. The summed E-state index contributed by atoms with van der Waals surface area (Å²) in [5, 5.41) is 14.3. The molecular weight excluding hydrogens is 699 g/mol. The number of morpholine rings is 2. The third kappa shape index (κ3) is 9.60. The van der Waals surface area contributed by atoms with Gasteiger partial charge in [0.05, 0.1) is 42.5 Å². The quantitative estimate of drug-likeness (QED) is 0.0956. The van der Waals surface area contributed by atoms with Crippen LogP contribution in [0.2, 0.25) is 0 Å². The number of nitrogens with zero attached hydrogens (tertiary/aromatic N) is 5. The van der Waals surface area contributed by atoms with E-state index < -0.39 is 4.92 Å². The fourth-order valence-corrected chi connectivity index (χ4v) is 7.79. The van der Waals surface area contributed by atoms with Crippen LogP contribution in [0.3, 0.4) is 0 Å². The number of nitro groups is 1. The molecule has 3 aromatic carbocycles. The minimum atomic E-state index is -0.503. The zero-order valence-corrected chi connectivity index (χ0v) is 31.4. The molecule has 2 fully saturated rings. The smallest absolute Gasteiger partial charge is 0.270 e.